The van der Waals surface area contributed by atoms with Gasteiger partial charge in [-0.1, -0.05) is 15.9 Å². The molecule has 1 aliphatic rings. The lowest BCUT2D eigenvalue weighted by molar-refractivity contribution is -0.120. The molecular formula is C11H14BrNOS. The van der Waals surface area contributed by atoms with Crippen LogP contribution in [0.3, 0.4) is 0 Å². The Balaban J connectivity index is 1.92. The van der Waals surface area contributed by atoms with Crippen LogP contribution in [0.15, 0.2) is 6.07 Å². The van der Waals surface area contributed by atoms with E-state index in [-0.39, 0.29) is 10.7 Å². The number of aryl methyl sites for hydroxylation is 2. The minimum Gasteiger partial charge on any atom is -0.350 e. The monoisotopic (exact) mass is 287 g/mol. The second-order valence-electron chi connectivity index (χ2n) is 3.85. The molecule has 0 bridgehead atoms. The average molecular weight is 288 g/mol. The van der Waals surface area contributed by atoms with Crippen LogP contribution in [0.4, 0.5) is 0 Å². The highest BCUT2D eigenvalue weighted by atomic mass is 79.9. The molecule has 0 aliphatic heterocycles. The van der Waals surface area contributed by atoms with Crippen LogP contribution >= 0.6 is 27.3 Å². The van der Waals surface area contributed by atoms with E-state index in [4.69, 9.17) is 0 Å². The smallest absolute Gasteiger partial charge is 0.233 e. The van der Waals surface area contributed by atoms with Crippen LogP contribution in [0.25, 0.3) is 0 Å². The second-order valence-corrected chi connectivity index (χ2v) is 6.44. The minimum absolute atomic E-state index is 0.0589. The zero-order chi connectivity index (χ0) is 10.8. The number of hydrogen-bond acceptors (Lipinski definition) is 2. The number of nitrogens with one attached hydrogen (secondary N) is 1. The van der Waals surface area contributed by atoms with Gasteiger partial charge in [-0.15, -0.1) is 11.3 Å². The number of thiophene rings is 1. The predicted octanol–water partition coefficient (Wildman–Crippen LogP) is 2.64. The molecule has 4 heteroatoms. The van der Waals surface area contributed by atoms with E-state index in [0.717, 1.165) is 0 Å². The molecule has 1 N–H and O–H groups in total. The Kier molecular flexibility index (Phi) is 3.46. The lowest BCUT2D eigenvalue weighted by Gasteiger charge is -2.04. The van der Waals surface area contributed by atoms with Crippen molar-refractivity contribution in [3.05, 3.63) is 21.4 Å². The summed E-state index contributed by atoms with van der Waals surface area (Å²) in [6.45, 7) is 2.51. The van der Waals surface area contributed by atoms with E-state index < -0.39 is 0 Å². The van der Waals surface area contributed by atoms with Crippen molar-refractivity contribution >= 4 is 33.2 Å². The molecule has 1 aromatic heterocycles. The highest BCUT2D eigenvalue weighted by molar-refractivity contribution is 9.10. The molecular weight excluding hydrogens is 274 g/mol. The van der Waals surface area contributed by atoms with E-state index in [1.807, 2.05) is 18.3 Å². The predicted molar refractivity (Wildman–Crippen MR) is 66.6 cm³/mol. The van der Waals surface area contributed by atoms with Crippen molar-refractivity contribution in [2.24, 2.45) is 0 Å². The lowest BCUT2D eigenvalue weighted by Crippen LogP contribution is -2.28. The van der Waals surface area contributed by atoms with E-state index in [9.17, 15) is 4.79 Å². The van der Waals surface area contributed by atoms with Gasteiger partial charge in [0.15, 0.2) is 0 Å². The molecule has 15 heavy (non-hydrogen) atoms. The first kappa shape index (κ1) is 11.1. The zero-order valence-corrected chi connectivity index (χ0v) is 11.1. The molecule has 2 rings (SSSR count). The van der Waals surface area contributed by atoms with Crippen LogP contribution in [-0.4, -0.2) is 10.7 Å². The van der Waals surface area contributed by atoms with Crippen molar-refractivity contribution in [3.63, 3.8) is 0 Å². The van der Waals surface area contributed by atoms with Crippen LogP contribution in [0.5, 0.6) is 0 Å². The largest absolute Gasteiger partial charge is 0.350 e. The molecule has 0 saturated heterocycles. The molecule has 1 amide bonds. The number of rotatable bonds is 3. The molecule has 1 aromatic rings. The van der Waals surface area contributed by atoms with Crippen LogP contribution in [0.1, 0.15) is 28.7 Å². The van der Waals surface area contributed by atoms with Crippen molar-refractivity contribution in [2.45, 2.75) is 37.6 Å². The van der Waals surface area contributed by atoms with Gasteiger partial charge in [-0.05, 0) is 37.8 Å². The molecule has 0 fully saturated rings. The summed E-state index contributed by atoms with van der Waals surface area (Å²) in [7, 11) is 0. The van der Waals surface area contributed by atoms with Gasteiger partial charge in [0.25, 0.3) is 0 Å². The van der Waals surface area contributed by atoms with Crippen molar-refractivity contribution in [1.29, 1.82) is 0 Å². The van der Waals surface area contributed by atoms with E-state index in [0.29, 0.717) is 6.54 Å². The number of hydrogen-bond donors (Lipinski definition) is 1. The number of alkyl halides is 1. The molecule has 0 radical (unpaired) electrons. The van der Waals surface area contributed by atoms with Crippen LogP contribution in [0, 0.1) is 0 Å². The van der Waals surface area contributed by atoms with Gasteiger partial charge in [0.2, 0.25) is 5.91 Å². The van der Waals surface area contributed by atoms with E-state index in [1.54, 1.807) is 0 Å². The van der Waals surface area contributed by atoms with Gasteiger partial charge in [-0.25, -0.2) is 0 Å². The van der Waals surface area contributed by atoms with Crippen LogP contribution in [-0.2, 0) is 24.2 Å². The first-order valence-corrected chi connectivity index (χ1v) is 6.92. The first-order valence-electron chi connectivity index (χ1n) is 5.19. The molecule has 1 atom stereocenters. The highest BCUT2D eigenvalue weighted by Gasteiger charge is 2.15. The number of carbonyl (C=O) groups is 1. The van der Waals surface area contributed by atoms with Gasteiger partial charge in [0, 0.05) is 9.75 Å². The van der Waals surface area contributed by atoms with E-state index in [1.165, 1.54) is 34.6 Å². The van der Waals surface area contributed by atoms with Gasteiger partial charge in [0.05, 0.1) is 11.4 Å². The SMILES string of the molecule is CC(Br)C(=O)NCc1cc2c(s1)CCC2. The lowest BCUT2D eigenvalue weighted by atomic mass is 10.2. The zero-order valence-electron chi connectivity index (χ0n) is 8.68. The summed E-state index contributed by atoms with van der Waals surface area (Å²) < 4.78 is 0. The maximum Gasteiger partial charge on any atom is 0.233 e. The van der Waals surface area contributed by atoms with Crippen LogP contribution < -0.4 is 5.32 Å². The van der Waals surface area contributed by atoms with Crippen molar-refractivity contribution in [1.82, 2.24) is 5.32 Å². The van der Waals surface area contributed by atoms with Crippen LogP contribution in [0.2, 0.25) is 0 Å². The number of fused-ring (bicyclic) bond motifs is 1. The molecule has 0 aromatic carbocycles. The number of halogens is 1. The molecule has 1 unspecified atom stereocenters. The molecule has 0 saturated carbocycles. The third-order valence-corrected chi connectivity index (χ3v) is 4.25. The summed E-state index contributed by atoms with van der Waals surface area (Å²) in [5.74, 6) is 0.0589. The van der Waals surface area contributed by atoms with Gasteiger partial charge < -0.3 is 5.32 Å². The third kappa shape index (κ3) is 2.61. The Hall–Kier alpha value is -0.350. The summed E-state index contributed by atoms with van der Waals surface area (Å²) >= 11 is 5.09. The minimum atomic E-state index is -0.107. The number of carbonyl (C=O) groups excluding carboxylic acids is 1. The summed E-state index contributed by atoms with van der Waals surface area (Å²) in [4.78, 5) is 14.0. The standard InChI is InChI=1S/C11H14BrNOS/c1-7(12)11(14)13-6-9-5-8-3-2-4-10(8)15-9/h5,7H,2-4,6H2,1H3,(H,13,14). The number of amides is 1. The van der Waals surface area contributed by atoms with E-state index >= 15 is 0 Å². The summed E-state index contributed by atoms with van der Waals surface area (Å²) in [5.41, 5.74) is 1.50. The molecule has 82 valence electrons. The van der Waals surface area contributed by atoms with Crippen molar-refractivity contribution in [3.8, 4) is 0 Å². The quantitative estimate of drug-likeness (QED) is 0.851. The Morgan fingerprint density at radius 2 is 2.47 bits per heavy atom. The fourth-order valence-corrected chi connectivity index (χ4v) is 3.15. The van der Waals surface area contributed by atoms with Gasteiger partial charge in [-0.3, -0.25) is 4.79 Å². The highest BCUT2D eigenvalue weighted by Crippen LogP contribution is 2.30. The Morgan fingerprint density at radius 3 is 3.13 bits per heavy atom. The Morgan fingerprint density at radius 1 is 1.67 bits per heavy atom. The summed E-state index contributed by atoms with van der Waals surface area (Å²) in [6.07, 6.45) is 3.74. The molecule has 0 spiro atoms. The van der Waals surface area contributed by atoms with Gasteiger partial charge >= 0.3 is 0 Å². The topological polar surface area (TPSA) is 29.1 Å². The first-order chi connectivity index (χ1) is 7.16. The van der Waals surface area contributed by atoms with E-state index in [2.05, 4.69) is 27.3 Å². The Bertz CT molecular complexity index is 351. The summed E-state index contributed by atoms with van der Waals surface area (Å²) in [5, 5.41) is 2.91. The maximum atomic E-state index is 11.3. The average Bonchev–Trinajstić information content (AvgIpc) is 2.72. The fraction of sp³-hybridized carbons (Fsp3) is 0.545. The van der Waals surface area contributed by atoms with Gasteiger partial charge in [-0.2, -0.15) is 0 Å². The fourth-order valence-electron chi connectivity index (χ4n) is 1.79. The molecule has 1 heterocycles. The maximum absolute atomic E-state index is 11.3. The van der Waals surface area contributed by atoms with Gasteiger partial charge in [0.1, 0.15) is 0 Å². The second kappa shape index (κ2) is 4.66. The van der Waals surface area contributed by atoms with Crippen molar-refractivity contribution < 1.29 is 4.79 Å². The normalized spacial score (nSPS) is 16.1. The summed E-state index contributed by atoms with van der Waals surface area (Å²) in [6, 6.07) is 2.24. The third-order valence-electron chi connectivity index (χ3n) is 2.60. The van der Waals surface area contributed by atoms with Crippen molar-refractivity contribution in [2.75, 3.05) is 0 Å². The molecule has 2 nitrogen and oxygen atoms in total. The Labute approximate surface area is 102 Å². The molecule has 1 aliphatic carbocycles.